The van der Waals surface area contributed by atoms with Crippen LogP contribution in [0.1, 0.15) is 27.7 Å². The van der Waals surface area contributed by atoms with Crippen molar-refractivity contribution >= 4 is 18.6 Å². The lowest BCUT2D eigenvalue weighted by Gasteiger charge is -2.32. The first-order valence-electron chi connectivity index (χ1n) is 6.80. The second-order valence-electron chi connectivity index (χ2n) is 6.12. The summed E-state index contributed by atoms with van der Waals surface area (Å²) in [5.41, 5.74) is -0.109. The van der Waals surface area contributed by atoms with Crippen LogP contribution in [0.15, 0.2) is 12.4 Å². The molecule has 1 aromatic rings. The number of carbonyl (C=O) groups is 1. The van der Waals surface area contributed by atoms with Crippen LogP contribution in [-0.2, 0) is 25.4 Å². The predicted octanol–water partition coefficient (Wildman–Crippen LogP) is -0.284. The molecule has 1 aromatic heterocycles. The van der Waals surface area contributed by atoms with Gasteiger partial charge >= 0.3 is 13.1 Å². The molecule has 21 heavy (non-hydrogen) atoms. The summed E-state index contributed by atoms with van der Waals surface area (Å²) in [7, 11) is 0.712. The zero-order valence-electron chi connectivity index (χ0n) is 13.0. The van der Waals surface area contributed by atoms with Gasteiger partial charge in [0.05, 0.1) is 24.9 Å². The molecule has 0 saturated carbocycles. The van der Waals surface area contributed by atoms with E-state index in [1.165, 1.54) is 11.8 Å². The first kappa shape index (κ1) is 16.0. The van der Waals surface area contributed by atoms with E-state index < -0.39 is 30.4 Å². The maximum absolute atomic E-state index is 11.2. The maximum atomic E-state index is 11.2. The third-order valence-corrected chi connectivity index (χ3v) is 4.01. The van der Waals surface area contributed by atoms with Gasteiger partial charge in [-0.25, -0.2) is 4.79 Å². The normalized spacial score (nSPS) is 21.3. The topological polar surface area (TPSA) is 82.8 Å². The van der Waals surface area contributed by atoms with Crippen molar-refractivity contribution < 1.29 is 23.9 Å². The lowest BCUT2D eigenvalue weighted by Crippen LogP contribution is -2.41. The van der Waals surface area contributed by atoms with Gasteiger partial charge in [0.1, 0.15) is 0 Å². The third kappa shape index (κ3) is 3.12. The van der Waals surface area contributed by atoms with Crippen molar-refractivity contribution in [3.05, 3.63) is 12.4 Å². The van der Waals surface area contributed by atoms with Crippen LogP contribution in [-0.4, -0.2) is 52.4 Å². The van der Waals surface area contributed by atoms with Gasteiger partial charge < -0.3 is 19.2 Å². The zero-order valence-corrected chi connectivity index (χ0v) is 13.0. The van der Waals surface area contributed by atoms with Crippen molar-refractivity contribution in [2.75, 3.05) is 7.11 Å². The molecule has 116 valence electrons. The van der Waals surface area contributed by atoms with Crippen molar-refractivity contribution in [1.29, 1.82) is 0 Å². The Bertz CT molecular complexity index is 512. The molecule has 0 aliphatic carbocycles. The Labute approximate surface area is 124 Å². The number of rotatable bonds is 4. The number of aromatic nitrogens is 2. The van der Waals surface area contributed by atoms with Gasteiger partial charge in [0.2, 0.25) is 0 Å². The van der Waals surface area contributed by atoms with Crippen LogP contribution in [0, 0.1) is 0 Å². The van der Waals surface area contributed by atoms with Crippen molar-refractivity contribution in [2.24, 2.45) is 0 Å². The minimum absolute atomic E-state index is 0.0200. The van der Waals surface area contributed by atoms with E-state index in [1.807, 2.05) is 27.7 Å². The van der Waals surface area contributed by atoms with Crippen LogP contribution in [0.2, 0.25) is 0 Å². The van der Waals surface area contributed by atoms with Gasteiger partial charge in [0.25, 0.3) is 0 Å². The maximum Gasteiger partial charge on any atom is 0.498 e. The number of hydrogen-bond donors (Lipinski definition) is 1. The molecule has 0 radical (unpaired) electrons. The molecule has 7 nitrogen and oxygen atoms in total. The first-order chi connectivity index (χ1) is 9.66. The number of nitrogens with zero attached hydrogens (tertiary/aromatic N) is 2. The average Bonchev–Trinajstić information content (AvgIpc) is 2.92. The molecule has 8 heteroatoms. The fourth-order valence-electron chi connectivity index (χ4n) is 1.97. The summed E-state index contributed by atoms with van der Waals surface area (Å²) < 4.78 is 17.7. The van der Waals surface area contributed by atoms with Gasteiger partial charge in [-0.15, -0.1) is 0 Å². The van der Waals surface area contributed by atoms with Gasteiger partial charge in [-0.3, -0.25) is 4.68 Å². The summed E-state index contributed by atoms with van der Waals surface area (Å²) in [6, 6.07) is 0. The van der Waals surface area contributed by atoms with Crippen LogP contribution in [0.4, 0.5) is 0 Å². The van der Waals surface area contributed by atoms with Crippen molar-refractivity contribution in [1.82, 2.24) is 9.78 Å². The van der Waals surface area contributed by atoms with Crippen molar-refractivity contribution in [2.45, 2.75) is 51.5 Å². The van der Waals surface area contributed by atoms with Gasteiger partial charge in [0.15, 0.2) is 6.10 Å². The third-order valence-electron chi connectivity index (χ3n) is 4.01. The smallest absolute Gasteiger partial charge is 0.467 e. The SMILES string of the molecule is COC(=O)[C@@H](O)Cn1cc(B2OC(C)(C)C(C)(C)O2)cn1. The highest BCUT2D eigenvalue weighted by Gasteiger charge is 2.52. The van der Waals surface area contributed by atoms with Gasteiger partial charge in [-0.05, 0) is 27.7 Å². The molecule has 1 aliphatic rings. The molecule has 1 aliphatic heterocycles. The Morgan fingerprint density at radius 1 is 1.43 bits per heavy atom. The van der Waals surface area contributed by atoms with Gasteiger partial charge in [-0.1, -0.05) is 0 Å². The van der Waals surface area contributed by atoms with Crippen LogP contribution in [0.5, 0.6) is 0 Å². The van der Waals surface area contributed by atoms with E-state index in [1.54, 1.807) is 12.4 Å². The minimum atomic E-state index is -1.25. The quantitative estimate of drug-likeness (QED) is 0.607. The largest absolute Gasteiger partial charge is 0.498 e. The standard InChI is InChI=1S/C13H21BN2O5/c1-12(2)13(3,4)21-14(20-12)9-6-15-16(7-9)8-10(17)11(18)19-5/h6-7,10,17H,8H2,1-5H3/t10-/m0/s1. The molecule has 1 atom stereocenters. The summed E-state index contributed by atoms with van der Waals surface area (Å²) in [6.07, 6.45) is 2.04. The first-order valence-corrected chi connectivity index (χ1v) is 6.80. The fourth-order valence-corrected chi connectivity index (χ4v) is 1.97. The zero-order chi connectivity index (χ0) is 15.8. The van der Waals surface area contributed by atoms with Gasteiger partial charge in [0, 0.05) is 17.9 Å². The summed E-state index contributed by atoms with van der Waals surface area (Å²) >= 11 is 0. The predicted molar refractivity (Wildman–Crippen MR) is 76.0 cm³/mol. The number of methoxy groups -OCH3 is 1. The van der Waals surface area contributed by atoms with Crippen LogP contribution < -0.4 is 5.46 Å². The van der Waals surface area contributed by atoms with Gasteiger partial charge in [-0.2, -0.15) is 5.10 Å². The summed E-state index contributed by atoms with van der Waals surface area (Å²) in [5.74, 6) is -0.692. The number of aliphatic hydroxyl groups is 1. The molecule has 0 bridgehead atoms. The lowest BCUT2D eigenvalue weighted by atomic mass is 9.82. The van der Waals surface area contributed by atoms with Crippen LogP contribution in [0.25, 0.3) is 0 Å². The molecule has 1 N–H and O–H groups in total. The number of esters is 1. The Kier molecular flexibility index (Phi) is 4.14. The molecule has 0 amide bonds. The Morgan fingerprint density at radius 3 is 2.52 bits per heavy atom. The Hall–Kier alpha value is -1.38. The second-order valence-corrected chi connectivity index (χ2v) is 6.12. The highest BCUT2D eigenvalue weighted by molar-refractivity contribution is 6.61. The molecule has 2 heterocycles. The highest BCUT2D eigenvalue weighted by atomic mass is 16.7. The molecule has 0 unspecified atom stereocenters. The molecule has 0 spiro atoms. The molecule has 1 fully saturated rings. The molecule has 2 rings (SSSR count). The number of aliphatic hydroxyl groups excluding tert-OH is 1. The van der Waals surface area contributed by atoms with E-state index in [-0.39, 0.29) is 6.54 Å². The van der Waals surface area contributed by atoms with E-state index in [2.05, 4.69) is 9.84 Å². The Balaban J connectivity index is 2.06. The number of ether oxygens (including phenoxy) is 1. The van der Waals surface area contributed by atoms with Crippen molar-refractivity contribution in [3.8, 4) is 0 Å². The Morgan fingerprint density at radius 2 is 2.00 bits per heavy atom. The highest BCUT2D eigenvalue weighted by Crippen LogP contribution is 2.36. The number of carbonyl (C=O) groups excluding carboxylic acids is 1. The van der Waals surface area contributed by atoms with E-state index in [9.17, 15) is 9.90 Å². The van der Waals surface area contributed by atoms with Crippen LogP contribution >= 0.6 is 0 Å². The van der Waals surface area contributed by atoms with Crippen molar-refractivity contribution in [3.63, 3.8) is 0 Å². The van der Waals surface area contributed by atoms with E-state index in [0.717, 1.165) is 5.46 Å². The summed E-state index contributed by atoms with van der Waals surface area (Å²) in [5, 5.41) is 13.7. The second kappa shape index (κ2) is 5.44. The summed E-state index contributed by atoms with van der Waals surface area (Å²) in [4.78, 5) is 11.2. The van der Waals surface area contributed by atoms with Crippen LogP contribution in [0.3, 0.4) is 0 Å². The average molecular weight is 296 g/mol. The fraction of sp³-hybridized carbons (Fsp3) is 0.692. The lowest BCUT2D eigenvalue weighted by molar-refractivity contribution is -0.151. The minimum Gasteiger partial charge on any atom is -0.467 e. The monoisotopic (exact) mass is 296 g/mol. The number of hydrogen-bond acceptors (Lipinski definition) is 6. The van der Waals surface area contributed by atoms with E-state index in [0.29, 0.717) is 0 Å². The van der Waals surface area contributed by atoms with E-state index in [4.69, 9.17) is 9.31 Å². The summed E-state index contributed by atoms with van der Waals surface area (Å²) in [6.45, 7) is 7.90. The van der Waals surface area contributed by atoms with E-state index >= 15 is 0 Å². The molecular weight excluding hydrogens is 275 g/mol. The molecular formula is C13H21BN2O5. The molecule has 0 aromatic carbocycles. The molecule has 1 saturated heterocycles.